The Kier molecular flexibility index (Phi) is 2.66. The van der Waals surface area contributed by atoms with Crippen LogP contribution in [-0.4, -0.2) is 27.7 Å². The van der Waals surface area contributed by atoms with Gasteiger partial charge in [-0.25, -0.2) is 9.50 Å². The van der Waals surface area contributed by atoms with Gasteiger partial charge in [-0.2, -0.15) is 0 Å². The first kappa shape index (κ1) is 11.5. The molecule has 3 aromatic rings. The highest BCUT2D eigenvalue weighted by Gasteiger charge is 2.14. The highest BCUT2D eigenvalue weighted by Crippen LogP contribution is 2.21. The Morgan fingerprint density at radius 1 is 0.900 bits per heavy atom. The zero-order valence-electron chi connectivity index (χ0n) is 11.2. The predicted octanol–water partition coefficient (Wildman–Crippen LogP) is 3.00. The number of hydrogen-bond acceptors (Lipinski definition) is 3. The van der Waals surface area contributed by atoms with Gasteiger partial charge in [0.25, 0.3) is 0 Å². The largest absolute Gasteiger partial charge is 0.355 e. The fourth-order valence-corrected chi connectivity index (χ4v) is 2.73. The fraction of sp³-hybridized carbons (Fsp3) is 0.250. The minimum absolute atomic E-state index is 0.895. The van der Waals surface area contributed by atoms with Crippen molar-refractivity contribution >= 4 is 11.5 Å². The molecule has 4 heteroatoms. The van der Waals surface area contributed by atoms with E-state index in [1.54, 1.807) is 0 Å². The van der Waals surface area contributed by atoms with E-state index in [0.29, 0.717) is 0 Å². The van der Waals surface area contributed by atoms with Crippen molar-refractivity contribution in [3.8, 4) is 11.3 Å². The summed E-state index contributed by atoms with van der Waals surface area (Å²) in [6, 6.07) is 14.3. The van der Waals surface area contributed by atoms with Crippen LogP contribution >= 0.6 is 0 Å². The van der Waals surface area contributed by atoms with Crippen molar-refractivity contribution in [2.45, 2.75) is 12.8 Å². The number of aromatic nitrogens is 3. The van der Waals surface area contributed by atoms with Gasteiger partial charge < -0.3 is 4.90 Å². The monoisotopic (exact) mass is 264 g/mol. The summed E-state index contributed by atoms with van der Waals surface area (Å²) < 4.78 is 1.88. The molecule has 0 radical (unpaired) electrons. The van der Waals surface area contributed by atoms with Gasteiger partial charge in [0.05, 0.1) is 11.9 Å². The summed E-state index contributed by atoms with van der Waals surface area (Å²) in [5, 5.41) is 4.68. The maximum absolute atomic E-state index is 4.68. The average Bonchev–Trinajstić information content (AvgIpc) is 3.16. The molecule has 2 aromatic heterocycles. The summed E-state index contributed by atoms with van der Waals surface area (Å²) in [4.78, 5) is 6.97. The van der Waals surface area contributed by atoms with Crippen molar-refractivity contribution in [3.63, 3.8) is 0 Å². The van der Waals surface area contributed by atoms with E-state index in [-0.39, 0.29) is 0 Å². The molecular formula is C16H16N4. The molecule has 1 aromatic carbocycles. The summed E-state index contributed by atoms with van der Waals surface area (Å²) in [5.74, 6) is 1.05. The van der Waals surface area contributed by atoms with Crippen LogP contribution < -0.4 is 4.90 Å². The van der Waals surface area contributed by atoms with Crippen LogP contribution in [0.2, 0.25) is 0 Å². The van der Waals surface area contributed by atoms with Crippen molar-refractivity contribution in [1.29, 1.82) is 0 Å². The van der Waals surface area contributed by atoms with E-state index in [0.717, 1.165) is 35.8 Å². The Balaban J connectivity index is 1.76. The normalized spacial score (nSPS) is 15.1. The number of rotatable bonds is 2. The summed E-state index contributed by atoms with van der Waals surface area (Å²) in [5.41, 5.74) is 2.99. The van der Waals surface area contributed by atoms with Gasteiger partial charge >= 0.3 is 0 Å². The molecule has 4 nitrogen and oxygen atoms in total. The van der Waals surface area contributed by atoms with Crippen LogP contribution in [0.4, 0.5) is 5.82 Å². The summed E-state index contributed by atoms with van der Waals surface area (Å²) in [6.07, 6.45) is 4.53. The predicted molar refractivity (Wildman–Crippen MR) is 79.9 cm³/mol. The van der Waals surface area contributed by atoms with Crippen LogP contribution in [0.1, 0.15) is 12.8 Å². The molecule has 0 unspecified atom stereocenters. The van der Waals surface area contributed by atoms with E-state index >= 15 is 0 Å². The number of nitrogens with zero attached hydrogens (tertiary/aromatic N) is 4. The first-order chi connectivity index (χ1) is 9.90. The summed E-state index contributed by atoms with van der Waals surface area (Å²) >= 11 is 0. The molecule has 100 valence electrons. The van der Waals surface area contributed by atoms with Crippen LogP contribution in [0, 0.1) is 0 Å². The van der Waals surface area contributed by atoms with Gasteiger partial charge in [0.1, 0.15) is 5.82 Å². The third kappa shape index (κ3) is 1.93. The Labute approximate surface area is 117 Å². The molecule has 0 bridgehead atoms. The van der Waals surface area contributed by atoms with Gasteiger partial charge in [-0.15, -0.1) is 5.10 Å². The van der Waals surface area contributed by atoms with E-state index in [1.165, 1.54) is 12.8 Å². The summed E-state index contributed by atoms with van der Waals surface area (Å²) in [6.45, 7) is 2.22. The number of anilines is 1. The maximum atomic E-state index is 4.68. The lowest BCUT2D eigenvalue weighted by molar-refractivity contribution is 0.860. The topological polar surface area (TPSA) is 33.4 Å². The highest BCUT2D eigenvalue weighted by molar-refractivity contribution is 5.62. The number of fused-ring (bicyclic) bond motifs is 1. The fourth-order valence-electron chi connectivity index (χ4n) is 2.73. The molecule has 3 heterocycles. The molecule has 1 saturated heterocycles. The minimum Gasteiger partial charge on any atom is -0.355 e. The molecule has 20 heavy (non-hydrogen) atoms. The second-order valence-electron chi connectivity index (χ2n) is 5.18. The Morgan fingerprint density at radius 3 is 2.50 bits per heavy atom. The second-order valence-corrected chi connectivity index (χ2v) is 5.18. The Bertz CT molecular complexity index is 727. The van der Waals surface area contributed by atoms with Gasteiger partial charge in [-0.05, 0) is 25.0 Å². The smallest absolute Gasteiger partial charge is 0.154 e. The van der Waals surface area contributed by atoms with Crippen molar-refractivity contribution in [3.05, 3.63) is 48.7 Å². The molecule has 1 fully saturated rings. The van der Waals surface area contributed by atoms with E-state index < -0.39 is 0 Å². The van der Waals surface area contributed by atoms with Crippen molar-refractivity contribution in [2.24, 2.45) is 0 Å². The first-order valence-corrected chi connectivity index (χ1v) is 7.07. The third-order valence-electron chi connectivity index (χ3n) is 3.81. The maximum Gasteiger partial charge on any atom is 0.154 e. The SMILES string of the molecule is c1ccc(-c2cn3nc(N4CCCC4)ccc3n2)cc1. The summed E-state index contributed by atoms with van der Waals surface area (Å²) in [7, 11) is 0. The molecule has 0 amide bonds. The quantitative estimate of drug-likeness (QED) is 0.713. The molecule has 1 aliphatic rings. The number of imidazole rings is 1. The molecule has 0 aliphatic carbocycles. The van der Waals surface area contributed by atoms with E-state index in [1.807, 2.05) is 35.0 Å². The molecule has 1 aliphatic heterocycles. The van der Waals surface area contributed by atoms with E-state index in [9.17, 15) is 0 Å². The number of benzene rings is 1. The molecule has 0 N–H and O–H groups in total. The molecule has 0 saturated carbocycles. The zero-order chi connectivity index (χ0) is 13.4. The lowest BCUT2D eigenvalue weighted by Gasteiger charge is -2.15. The Morgan fingerprint density at radius 2 is 1.70 bits per heavy atom. The van der Waals surface area contributed by atoms with Gasteiger partial charge in [0, 0.05) is 18.7 Å². The molecule has 0 atom stereocenters. The lowest BCUT2D eigenvalue weighted by atomic mass is 10.2. The first-order valence-electron chi connectivity index (χ1n) is 7.07. The lowest BCUT2D eigenvalue weighted by Crippen LogP contribution is -2.19. The van der Waals surface area contributed by atoms with Crippen molar-refractivity contribution in [2.75, 3.05) is 18.0 Å². The van der Waals surface area contributed by atoms with Gasteiger partial charge in [0.2, 0.25) is 0 Å². The van der Waals surface area contributed by atoms with Gasteiger partial charge in [0.15, 0.2) is 5.65 Å². The van der Waals surface area contributed by atoms with Crippen LogP contribution in [0.25, 0.3) is 16.9 Å². The minimum atomic E-state index is 0.895. The third-order valence-corrected chi connectivity index (χ3v) is 3.81. The van der Waals surface area contributed by atoms with E-state index in [4.69, 9.17) is 0 Å². The molecule has 0 spiro atoms. The van der Waals surface area contributed by atoms with Crippen molar-refractivity contribution < 1.29 is 0 Å². The average molecular weight is 264 g/mol. The zero-order valence-corrected chi connectivity index (χ0v) is 11.2. The Hall–Kier alpha value is -2.36. The second kappa shape index (κ2) is 4.63. The van der Waals surface area contributed by atoms with Crippen LogP contribution in [0.5, 0.6) is 0 Å². The van der Waals surface area contributed by atoms with E-state index in [2.05, 4.69) is 33.2 Å². The van der Waals surface area contributed by atoms with Crippen LogP contribution in [-0.2, 0) is 0 Å². The van der Waals surface area contributed by atoms with Crippen LogP contribution in [0.15, 0.2) is 48.7 Å². The molecular weight excluding hydrogens is 248 g/mol. The van der Waals surface area contributed by atoms with Gasteiger partial charge in [-0.3, -0.25) is 0 Å². The standard InChI is InChI=1S/C16H16N4/c1-2-6-13(7-3-1)14-12-20-15(17-14)8-9-16(18-20)19-10-4-5-11-19/h1-3,6-9,12H,4-5,10-11H2. The van der Waals surface area contributed by atoms with Crippen molar-refractivity contribution in [1.82, 2.24) is 14.6 Å². The van der Waals surface area contributed by atoms with Gasteiger partial charge in [-0.1, -0.05) is 30.3 Å². The molecule has 4 rings (SSSR count). The number of hydrogen-bond donors (Lipinski definition) is 0. The van der Waals surface area contributed by atoms with Crippen LogP contribution in [0.3, 0.4) is 0 Å². The highest BCUT2D eigenvalue weighted by atomic mass is 15.3.